The molecule has 58 valence electrons. The lowest BCUT2D eigenvalue weighted by molar-refractivity contribution is 0.379. The standard InChI is InChI=1S/C7H12N2.ClH/c8-5-6-2-1-3-7(9)4-6;/h6-7H,1-4,9H2;1H/t6-,7+;/m1./s1. The van der Waals surface area contributed by atoms with Crippen LogP contribution in [0.15, 0.2) is 0 Å². The van der Waals surface area contributed by atoms with E-state index in [1.54, 1.807) is 0 Å². The monoisotopic (exact) mass is 160 g/mol. The Morgan fingerprint density at radius 1 is 1.40 bits per heavy atom. The van der Waals surface area contributed by atoms with Crippen molar-refractivity contribution >= 4 is 12.4 Å². The van der Waals surface area contributed by atoms with Crippen molar-refractivity contribution in [3.8, 4) is 6.07 Å². The second-order valence-corrected chi connectivity index (χ2v) is 2.75. The third kappa shape index (κ3) is 2.55. The molecule has 0 aliphatic heterocycles. The van der Waals surface area contributed by atoms with Crippen molar-refractivity contribution in [3.63, 3.8) is 0 Å². The summed E-state index contributed by atoms with van der Waals surface area (Å²) in [5, 5.41) is 8.50. The van der Waals surface area contributed by atoms with Gasteiger partial charge in [0.2, 0.25) is 0 Å². The Morgan fingerprint density at radius 2 is 2.10 bits per heavy atom. The molecule has 0 unspecified atom stereocenters. The van der Waals surface area contributed by atoms with Crippen LogP contribution < -0.4 is 5.73 Å². The number of nitrogens with zero attached hydrogens (tertiary/aromatic N) is 1. The fourth-order valence-electron chi connectivity index (χ4n) is 1.34. The van der Waals surface area contributed by atoms with Crippen LogP contribution in [0.2, 0.25) is 0 Å². The maximum Gasteiger partial charge on any atom is 0.0656 e. The Bertz CT molecular complexity index is 130. The molecule has 0 aromatic heterocycles. The summed E-state index contributed by atoms with van der Waals surface area (Å²) >= 11 is 0. The average molecular weight is 161 g/mol. The molecule has 1 saturated carbocycles. The molecular weight excluding hydrogens is 148 g/mol. The summed E-state index contributed by atoms with van der Waals surface area (Å²) in [6.07, 6.45) is 4.22. The molecule has 0 saturated heterocycles. The molecule has 0 bridgehead atoms. The smallest absolute Gasteiger partial charge is 0.0656 e. The van der Waals surface area contributed by atoms with E-state index in [4.69, 9.17) is 11.0 Å². The summed E-state index contributed by atoms with van der Waals surface area (Å²) in [6.45, 7) is 0. The van der Waals surface area contributed by atoms with E-state index in [0.717, 1.165) is 25.7 Å². The van der Waals surface area contributed by atoms with Gasteiger partial charge in [-0.15, -0.1) is 12.4 Å². The molecule has 0 aromatic rings. The minimum atomic E-state index is 0. The molecule has 1 fully saturated rings. The number of halogens is 1. The highest BCUT2D eigenvalue weighted by molar-refractivity contribution is 5.85. The van der Waals surface area contributed by atoms with Crippen LogP contribution in [0, 0.1) is 17.2 Å². The van der Waals surface area contributed by atoms with Crippen molar-refractivity contribution in [2.75, 3.05) is 0 Å². The Balaban J connectivity index is 0.000000810. The van der Waals surface area contributed by atoms with Crippen molar-refractivity contribution in [2.24, 2.45) is 11.7 Å². The summed E-state index contributed by atoms with van der Waals surface area (Å²) < 4.78 is 0. The van der Waals surface area contributed by atoms with Crippen molar-refractivity contribution in [3.05, 3.63) is 0 Å². The van der Waals surface area contributed by atoms with Crippen LogP contribution in [-0.2, 0) is 0 Å². The highest BCUT2D eigenvalue weighted by Gasteiger charge is 2.17. The summed E-state index contributed by atoms with van der Waals surface area (Å²) in [7, 11) is 0. The van der Waals surface area contributed by atoms with Crippen LogP contribution >= 0.6 is 12.4 Å². The van der Waals surface area contributed by atoms with E-state index in [1.807, 2.05) is 0 Å². The fourth-order valence-corrected chi connectivity index (χ4v) is 1.34. The predicted octanol–water partition coefficient (Wildman–Crippen LogP) is 1.45. The van der Waals surface area contributed by atoms with Gasteiger partial charge in [0.05, 0.1) is 6.07 Å². The lowest BCUT2D eigenvalue weighted by atomic mass is 9.87. The SMILES string of the molecule is Cl.N#C[C@@H]1CCC[C@H](N)C1. The number of hydrogen-bond acceptors (Lipinski definition) is 2. The van der Waals surface area contributed by atoms with E-state index < -0.39 is 0 Å². The minimum Gasteiger partial charge on any atom is -0.328 e. The second-order valence-electron chi connectivity index (χ2n) is 2.75. The molecule has 1 rings (SSSR count). The van der Waals surface area contributed by atoms with E-state index in [1.165, 1.54) is 0 Å². The molecule has 0 radical (unpaired) electrons. The molecule has 3 heteroatoms. The van der Waals surface area contributed by atoms with Crippen molar-refractivity contribution in [2.45, 2.75) is 31.7 Å². The molecule has 10 heavy (non-hydrogen) atoms. The summed E-state index contributed by atoms with van der Waals surface area (Å²) in [5.74, 6) is 0.244. The van der Waals surface area contributed by atoms with E-state index >= 15 is 0 Å². The van der Waals surface area contributed by atoms with Gasteiger partial charge in [-0.25, -0.2) is 0 Å². The normalized spacial score (nSPS) is 32.0. The van der Waals surface area contributed by atoms with Crippen LogP contribution in [0.4, 0.5) is 0 Å². The van der Waals surface area contributed by atoms with Gasteiger partial charge in [0.25, 0.3) is 0 Å². The first kappa shape index (κ1) is 9.74. The van der Waals surface area contributed by atoms with Gasteiger partial charge in [0.1, 0.15) is 0 Å². The molecule has 1 aliphatic rings. The van der Waals surface area contributed by atoms with Gasteiger partial charge in [-0.05, 0) is 19.3 Å². The van der Waals surface area contributed by atoms with Gasteiger partial charge in [0, 0.05) is 12.0 Å². The van der Waals surface area contributed by atoms with E-state index in [0.29, 0.717) is 6.04 Å². The van der Waals surface area contributed by atoms with Crippen molar-refractivity contribution in [1.29, 1.82) is 5.26 Å². The maximum atomic E-state index is 8.50. The Morgan fingerprint density at radius 3 is 2.50 bits per heavy atom. The van der Waals surface area contributed by atoms with Gasteiger partial charge < -0.3 is 5.73 Å². The van der Waals surface area contributed by atoms with Crippen molar-refractivity contribution in [1.82, 2.24) is 0 Å². The first-order valence-corrected chi connectivity index (χ1v) is 3.48. The fraction of sp³-hybridized carbons (Fsp3) is 0.857. The predicted molar refractivity (Wildman–Crippen MR) is 42.8 cm³/mol. The number of rotatable bonds is 0. The largest absolute Gasteiger partial charge is 0.328 e. The van der Waals surface area contributed by atoms with Crippen LogP contribution in [0.3, 0.4) is 0 Å². The molecule has 0 amide bonds. The number of hydrogen-bond donors (Lipinski definition) is 1. The Hall–Kier alpha value is -0.260. The third-order valence-electron chi connectivity index (χ3n) is 1.90. The van der Waals surface area contributed by atoms with Gasteiger partial charge in [-0.1, -0.05) is 6.42 Å². The zero-order chi connectivity index (χ0) is 6.69. The summed E-state index contributed by atoms with van der Waals surface area (Å²) in [4.78, 5) is 0. The Kier molecular flexibility index (Phi) is 4.42. The molecule has 2 N–H and O–H groups in total. The third-order valence-corrected chi connectivity index (χ3v) is 1.90. The number of nitrogens with two attached hydrogens (primary N) is 1. The molecule has 0 spiro atoms. The van der Waals surface area contributed by atoms with Crippen LogP contribution in [0.25, 0.3) is 0 Å². The Labute approximate surface area is 67.8 Å². The quantitative estimate of drug-likeness (QED) is 0.583. The lowest BCUT2D eigenvalue weighted by Gasteiger charge is -2.20. The molecular formula is C7H13ClN2. The molecule has 2 atom stereocenters. The van der Waals surface area contributed by atoms with Crippen molar-refractivity contribution < 1.29 is 0 Å². The average Bonchev–Trinajstić information content (AvgIpc) is 1.88. The van der Waals surface area contributed by atoms with Crippen LogP contribution in [0.1, 0.15) is 25.7 Å². The second kappa shape index (κ2) is 4.54. The lowest BCUT2D eigenvalue weighted by Crippen LogP contribution is -2.26. The molecule has 0 heterocycles. The first-order valence-electron chi connectivity index (χ1n) is 3.48. The zero-order valence-electron chi connectivity index (χ0n) is 5.92. The first-order chi connectivity index (χ1) is 4.33. The topological polar surface area (TPSA) is 49.8 Å². The maximum absolute atomic E-state index is 8.50. The van der Waals surface area contributed by atoms with E-state index in [-0.39, 0.29) is 18.3 Å². The van der Waals surface area contributed by atoms with Gasteiger partial charge in [-0.2, -0.15) is 5.26 Å². The van der Waals surface area contributed by atoms with E-state index in [9.17, 15) is 0 Å². The van der Waals surface area contributed by atoms with Gasteiger partial charge in [-0.3, -0.25) is 0 Å². The highest BCUT2D eigenvalue weighted by atomic mass is 35.5. The molecule has 1 aliphatic carbocycles. The van der Waals surface area contributed by atoms with Gasteiger partial charge in [0.15, 0.2) is 0 Å². The van der Waals surface area contributed by atoms with E-state index in [2.05, 4.69) is 6.07 Å². The summed E-state index contributed by atoms with van der Waals surface area (Å²) in [5.41, 5.74) is 5.65. The summed E-state index contributed by atoms with van der Waals surface area (Å²) in [6, 6.07) is 2.55. The van der Waals surface area contributed by atoms with Crippen LogP contribution in [-0.4, -0.2) is 6.04 Å². The number of nitriles is 1. The van der Waals surface area contributed by atoms with Gasteiger partial charge >= 0.3 is 0 Å². The molecule has 0 aromatic carbocycles. The minimum absolute atomic E-state index is 0. The highest BCUT2D eigenvalue weighted by Crippen LogP contribution is 2.21. The zero-order valence-corrected chi connectivity index (χ0v) is 6.73. The van der Waals surface area contributed by atoms with Crippen LogP contribution in [0.5, 0.6) is 0 Å². The molecule has 2 nitrogen and oxygen atoms in total.